The molecule has 5 rings (SSSR count). The Morgan fingerprint density at radius 1 is 1.06 bits per heavy atom. The van der Waals surface area contributed by atoms with E-state index < -0.39 is 6.16 Å². The number of carbonyl (C=O) groups is 1. The number of rotatable bonds is 8. The van der Waals surface area contributed by atoms with Gasteiger partial charge in [0.25, 0.3) is 0 Å². The summed E-state index contributed by atoms with van der Waals surface area (Å²) in [6.45, 7) is 5.14. The second-order valence-electron chi connectivity index (χ2n) is 9.59. The summed E-state index contributed by atoms with van der Waals surface area (Å²) in [5, 5.41) is 8.83. The van der Waals surface area contributed by atoms with Gasteiger partial charge in [-0.15, -0.1) is 0 Å². The molecule has 2 aromatic carbocycles. The Balaban J connectivity index is 1.23. The van der Waals surface area contributed by atoms with E-state index in [2.05, 4.69) is 22.0 Å². The normalized spacial score (nSPS) is 17.5. The highest BCUT2D eigenvalue weighted by Crippen LogP contribution is 2.34. The molecule has 2 fully saturated rings. The van der Waals surface area contributed by atoms with E-state index in [-0.39, 0.29) is 17.5 Å². The number of H-pyrrole nitrogens is 1. The van der Waals surface area contributed by atoms with Crippen LogP contribution in [-0.4, -0.2) is 51.5 Å². The minimum absolute atomic E-state index is 0.0786. The van der Waals surface area contributed by atoms with E-state index in [1.807, 2.05) is 13.0 Å². The van der Waals surface area contributed by atoms with Crippen LogP contribution in [0.5, 0.6) is 17.2 Å². The summed E-state index contributed by atoms with van der Waals surface area (Å²) in [6.07, 6.45) is 5.29. The lowest BCUT2D eigenvalue weighted by Gasteiger charge is -2.32. The summed E-state index contributed by atoms with van der Waals surface area (Å²) in [5.41, 5.74) is 2.33. The summed E-state index contributed by atoms with van der Waals surface area (Å²) in [4.78, 5) is 28.7. The van der Waals surface area contributed by atoms with Crippen LogP contribution in [0.4, 0.5) is 4.79 Å². The van der Waals surface area contributed by atoms with Gasteiger partial charge in [0, 0.05) is 31.7 Å². The molecule has 36 heavy (non-hydrogen) atoms. The molecule has 192 valence electrons. The maximum Gasteiger partial charge on any atom is 0.511 e. The number of nitrogens with one attached hydrogen (secondary N) is 1. The summed E-state index contributed by atoms with van der Waals surface area (Å²) < 4.78 is 18.6. The van der Waals surface area contributed by atoms with Crippen LogP contribution in [0.3, 0.4) is 0 Å². The zero-order valence-corrected chi connectivity index (χ0v) is 20.6. The van der Waals surface area contributed by atoms with Gasteiger partial charge in [0.15, 0.2) is 11.5 Å². The lowest BCUT2D eigenvalue weighted by atomic mass is 10.0. The number of nitrogens with zero attached hydrogens (tertiary/aromatic N) is 2. The van der Waals surface area contributed by atoms with Gasteiger partial charge in [0.1, 0.15) is 5.75 Å². The monoisotopic (exact) mass is 495 g/mol. The van der Waals surface area contributed by atoms with Crippen molar-refractivity contribution in [2.24, 2.45) is 0 Å². The molecule has 0 unspecified atom stereocenters. The van der Waals surface area contributed by atoms with Crippen LogP contribution in [0.1, 0.15) is 57.1 Å². The van der Waals surface area contributed by atoms with E-state index in [4.69, 9.17) is 19.3 Å². The molecular formula is C27H33N3O6. The van der Waals surface area contributed by atoms with E-state index in [9.17, 15) is 9.59 Å². The van der Waals surface area contributed by atoms with Crippen molar-refractivity contribution in [2.45, 2.75) is 64.1 Å². The van der Waals surface area contributed by atoms with Crippen LogP contribution in [-0.2, 0) is 6.54 Å². The Hall–Kier alpha value is -3.46. The molecule has 9 nitrogen and oxygen atoms in total. The predicted molar refractivity (Wildman–Crippen MR) is 135 cm³/mol. The third kappa shape index (κ3) is 5.36. The van der Waals surface area contributed by atoms with Gasteiger partial charge >= 0.3 is 11.8 Å². The maximum atomic E-state index is 12.7. The zero-order valence-electron chi connectivity index (χ0n) is 20.6. The third-order valence-electron chi connectivity index (χ3n) is 7.13. The zero-order chi connectivity index (χ0) is 25.1. The number of hydrogen-bond acceptors (Lipinski definition) is 6. The molecule has 0 spiro atoms. The van der Waals surface area contributed by atoms with E-state index in [0.717, 1.165) is 62.3 Å². The van der Waals surface area contributed by atoms with Crippen molar-refractivity contribution in [3.05, 3.63) is 52.4 Å². The SMILES string of the molecule is CCOc1cc(CN2CCC(n3c(=O)[nH]c4cc(OC(=O)O)ccc43)CC2)ccc1OC1CCCC1. The maximum absolute atomic E-state index is 12.7. The summed E-state index contributed by atoms with van der Waals surface area (Å²) in [5.74, 6) is 1.83. The number of ether oxygens (including phenoxy) is 3. The first-order chi connectivity index (χ1) is 17.5. The van der Waals surface area contributed by atoms with Gasteiger partial charge in [0.05, 0.1) is 23.7 Å². The summed E-state index contributed by atoms with van der Waals surface area (Å²) >= 11 is 0. The lowest BCUT2D eigenvalue weighted by molar-refractivity contribution is 0.144. The molecule has 9 heteroatoms. The Morgan fingerprint density at radius 3 is 2.56 bits per heavy atom. The molecule has 3 aromatic rings. The molecular weight excluding hydrogens is 462 g/mol. The Bertz CT molecular complexity index is 1270. The van der Waals surface area contributed by atoms with E-state index in [1.165, 1.54) is 18.4 Å². The van der Waals surface area contributed by atoms with Crippen molar-refractivity contribution in [2.75, 3.05) is 19.7 Å². The second kappa shape index (κ2) is 10.7. The molecule has 0 amide bonds. The molecule has 2 N–H and O–H groups in total. The highest BCUT2D eigenvalue weighted by Gasteiger charge is 2.25. The highest BCUT2D eigenvalue weighted by atomic mass is 16.7. The summed E-state index contributed by atoms with van der Waals surface area (Å²) in [7, 11) is 0. The molecule has 1 aliphatic carbocycles. The van der Waals surface area contributed by atoms with Crippen molar-refractivity contribution in [3.8, 4) is 17.2 Å². The topological polar surface area (TPSA) is 106 Å². The first-order valence-corrected chi connectivity index (χ1v) is 12.8. The first-order valence-electron chi connectivity index (χ1n) is 12.8. The number of aromatic amines is 1. The van der Waals surface area contributed by atoms with Crippen LogP contribution in [0.2, 0.25) is 0 Å². The predicted octanol–water partition coefficient (Wildman–Crippen LogP) is 4.94. The van der Waals surface area contributed by atoms with Crippen molar-refractivity contribution in [1.82, 2.24) is 14.5 Å². The molecule has 2 heterocycles. The lowest BCUT2D eigenvalue weighted by Crippen LogP contribution is -2.36. The molecule has 0 atom stereocenters. The van der Waals surface area contributed by atoms with E-state index in [0.29, 0.717) is 18.2 Å². The van der Waals surface area contributed by atoms with Crippen molar-refractivity contribution in [1.29, 1.82) is 0 Å². The Morgan fingerprint density at radius 2 is 1.83 bits per heavy atom. The minimum Gasteiger partial charge on any atom is -0.490 e. The van der Waals surface area contributed by atoms with Gasteiger partial charge in [-0.05, 0) is 75.3 Å². The van der Waals surface area contributed by atoms with Gasteiger partial charge in [0.2, 0.25) is 0 Å². The van der Waals surface area contributed by atoms with Crippen LogP contribution < -0.4 is 19.9 Å². The van der Waals surface area contributed by atoms with E-state index >= 15 is 0 Å². The number of likely N-dealkylation sites (tertiary alicyclic amines) is 1. The second-order valence-corrected chi connectivity index (χ2v) is 9.59. The van der Waals surface area contributed by atoms with Gasteiger partial charge in [-0.25, -0.2) is 9.59 Å². The molecule has 0 bridgehead atoms. The molecule has 1 saturated heterocycles. The average Bonchev–Trinajstić information content (AvgIpc) is 3.48. The number of carboxylic acid groups (broad SMARTS) is 1. The summed E-state index contributed by atoms with van der Waals surface area (Å²) in [6, 6.07) is 11.2. The van der Waals surface area contributed by atoms with Crippen molar-refractivity contribution < 1.29 is 24.1 Å². The van der Waals surface area contributed by atoms with Crippen molar-refractivity contribution in [3.63, 3.8) is 0 Å². The number of imidazole rings is 1. The first kappa shape index (κ1) is 24.2. The molecule has 1 aromatic heterocycles. The molecule has 1 saturated carbocycles. The van der Waals surface area contributed by atoms with Crippen LogP contribution in [0, 0.1) is 0 Å². The fourth-order valence-electron chi connectivity index (χ4n) is 5.43. The quantitative estimate of drug-likeness (QED) is 0.337. The third-order valence-corrected chi connectivity index (χ3v) is 7.13. The number of aromatic nitrogens is 2. The largest absolute Gasteiger partial charge is 0.511 e. The minimum atomic E-state index is -1.38. The average molecular weight is 496 g/mol. The molecule has 0 radical (unpaired) electrons. The highest BCUT2D eigenvalue weighted by molar-refractivity contribution is 5.78. The van der Waals surface area contributed by atoms with Crippen LogP contribution in [0.25, 0.3) is 11.0 Å². The molecule has 1 aliphatic heterocycles. The van der Waals surface area contributed by atoms with Gasteiger partial charge < -0.3 is 24.3 Å². The van der Waals surface area contributed by atoms with Gasteiger partial charge in [-0.3, -0.25) is 9.47 Å². The van der Waals surface area contributed by atoms with Crippen molar-refractivity contribution >= 4 is 17.2 Å². The number of hydrogen-bond donors (Lipinski definition) is 2. The Labute approximate surface area is 209 Å². The number of piperidine rings is 1. The standard InChI is InChI=1S/C27H33N3O6/c1-2-34-25-15-18(7-10-24(25)35-20-5-3-4-6-20)17-29-13-11-19(12-14-29)30-23-9-8-21(36-27(32)33)16-22(23)28-26(30)31/h7-10,15-16,19-20H,2-6,11-14,17H2,1H3,(H,28,31)(H,32,33). The number of benzene rings is 2. The smallest absolute Gasteiger partial charge is 0.490 e. The van der Waals surface area contributed by atoms with Gasteiger partial charge in [-0.1, -0.05) is 6.07 Å². The Kier molecular flexibility index (Phi) is 7.18. The van der Waals surface area contributed by atoms with E-state index in [1.54, 1.807) is 22.8 Å². The van der Waals surface area contributed by atoms with Gasteiger partial charge in [-0.2, -0.15) is 0 Å². The van der Waals surface area contributed by atoms with Crippen LogP contribution >= 0.6 is 0 Å². The fourth-order valence-corrected chi connectivity index (χ4v) is 5.43. The molecule has 2 aliphatic rings. The number of fused-ring (bicyclic) bond motifs is 1. The van der Waals surface area contributed by atoms with Crippen LogP contribution in [0.15, 0.2) is 41.2 Å². The fraction of sp³-hybridized carbons (Fsp3) is 0.481.